The van der Waals surface area contributed by atoms with Gasteiger partial charge in [-0.1, -0.05) is 18.2 Å². The second-order valence-electron chi connectivity index (χ2n) is 4.97. The van der Waals surface area contributed by atoms with E-state index in [1.54, 1.807) is 31.2 Å². The van der Waals surface area contributed by atoms with E-state index < -0.39 is 12.1 Å². The van der Waals surface area contributed by atoms with Crippen molar-refractivity contribution in [3.8, 4) is 11.5 Å². The molecular weight excluding hydrogens is 310 g/mol. The Morgan fingerprint density at radius 3 is 2.33 bits per heavy atom. The van der Waals surface area contributed by atoms with Gasteiger partial charge in [-0.05, 0) is 37.3 Å². The van der Waals surface area contributed by atoms with Crippen molar-refractivity contribution in [2.45, 2.75) is 13.0 Å². The van der Waals surface area contributed by atoms with Crippen molar-refractivity contribution in [2.24, 2.45) is 0 Å². The molecule has 0 bridgehead atoms. The summed E-state index contributed by atoms with van der Waals surface area (Å²) in [5, 5.41) is 2.76. The van der Waals surface area contributed by atoms with Crippen molar-refractivity contribution < 1.29 is 23.8 Å². The van der Waals surface area contributed by atoms with Crippen molar-refractivity contribution in [1.82, 2.24) is 0 Å². The second kappa shape index (κ2) is 8.01. The number of esters is 1. The summed E-state index contributed by atoms with van der Waals surface area (Å²) in [6.07, 6.45) is -0.747. The van der Waals surface area contributed by atoms with Gasteiger partial charge in [0.25, 0.3) is 5.91 Å². The number of methoxy groups -OCH3 is 2. The maximum atomic E-state index is 12.2. The van der Waals surface area contributed by atoms with Crippen LogP contribution in [0.5, 0.6) is 11.5 Å². The van der Waals surface area contributed by atoms with Crippen LogP contribution < -0.4 is 14.8 Å². The number of para-hydroxylation sites is 1. The quantitative estimate of drug-likeness (QED) is 0.825. The van der Waals surface area contributed by atoms with E-state index in [9.17, 15) is 9.59 Å². The van der Waals surface area contributed by atoms with E-state index in [0.29, 0.717) is 22.7 Å². The number of anilines is 1. The van der Waals surface area contributed by atoms with Gasteiger partial charge in [0.1, 0.15) is 0 Å². The van der Waals surface area contributed by atoms with Crippen LogP contribution in [0.1, 0.15) is 17.3 Å². The Labute approximate surface area is 140 Å². The van der Waals surface area contributed by atoms with E-state index >= 15 is 0 Å². The number of hydrogen-bond donors (Lipinski definition) is 1. The van der Waals surface area contributed by atoms with E-state index in [0.717, 1.165) is 0 Å². The predicted molar refractivity (Wildman–Crippen MR) is 89.5 cm³/mol. The zero-order valence-electron chi connectivity index (χ0n) is 13.7. The molecule has 0 saturated heterocycles. The summed E-state index contributed by atoms with van der Waals surface area (Å²) in [7, 11) is 2.76. The van der Waals surface area contributed by atoms with Gasteiger partial charge in [-0.3, -0.25) is 4.79 Å². The summed E-state index contributed by atoms with van der Waals surface area (Å²) in [6.45, 7) is 1.63. The molecule has 0 heterocycles. The number of carbonyl (C=O) groups excluding carboxylic acids is 2. The Hall–Kier alpha value is -3.02. The molecular formula is C18H19NO5. The predicted octanol–water partition coefficient (Wildman–Crippen LogP) is 2.89. The van der Waals surface area contributed by atoms with Crippen LogP contribution in [-0.2, 0) is 9.53 Å². The summed E-state index contributed by atoms with van der Waals surface area (Å²) < 4.78 is 15.5. The van der Waals surface area contributed by atoms with Crippen molar-refractivity contribution in [1.29, 1.82) is 0 Å². The van der Waals surface area contributed by atoms with E-state index in [4.69, 9.17) is 9.47 Å². The highest BCUT2D eigenvalue weighted by Gasteiger charge is 2.18. The lowest BCUT2D eigenvalue weighted by molar-refractivity contribution is -0.122. The monoisotopic (exact) mass is 329 g/mol. The number of rotatable bonds is 6. The lowest BCUT2D eigenvalue weighted by atomic mass is 10.2. The number of ether oxygens (including phenoxy) is 3. The number of hydrogen-bond acceptors (Lipinski definition) is 5. The fourth-order valence-electron chi connectivity index (χ4n) is 2.02. The number of benzene rings is 2. The molecule has 0 aliphatic heterocycles. The van der Waals surface area contributed by atoms with Crippen LogP contribution in [0.15, 0.2) is 48.5 Å². The van der Waals surface area contributed by atoms with Crippen LogP contribution in [0.2, 0.25) is 0 Å². The average Bonchev–Trinajstić information content (AvgIpc) is 2.62. The summed E-state index contributed by atoms with van der Waals surface area (Å²) in [5.74, 6) is -0.0619. The molecule has 1 unspecified atom stereocenters. The molecule has 1 atom stereocenters. The molecule has 2 aromatic carbocycles. The highest BCUT2D eigenvalue weighted by atomic mass is 16.5. The smallest absolute Gasteiger partial charge is 0.337 e. The maximum Gasteiger partial charge on any atom is 0.337 e. The van der Waals surface area contributed by atoms with Crippen LogP contribution in [0.3, 0.4) is 0 Å². The first-order valence-corrected chi connectivity index (χ1v) is 7.34. The van der Waals surface area contributed by atoms with Crippen molar-refractivity contribution in [3.05, 3.63) is 54.1 Å². The van der Waals surface area contributed by atoms with Gasteiger partial charge < -0.3 is 19.5 Å². The van der Waals surface area contributed by atoms with E-state index in [1.807, 2.05) is 18.2 Å². The molecule has 126 valence electrons. The largest absolute Gasteiger partial charge is 0.493 e. The summed E-state index contributed by atoms with van der Waals surface area (Å²) >= 11 is 0. The Morgan fingerprint density at radius 2 is 1.71 bits per heavy atom. The van der Waals surface area contributed by atoms with Gasteiger partial charge in [0.05, 0.1) is 19.8 Å². The molecule has 0 aliphatic rings. The molecule has 0 aromatic heterocycles. The minimum atomic E-state index is -0.747. The first-order chi connectivity index (χ1) is 11.5. The molecule has 24 heavy (non-hydrogen) atoms. The second-order valence-corrected chi connectivity index (χ2v) is 4.97. The molecule has 2 rings (SSSR count). The van der Waals surface area contributed by atoms with Crippen LogP contribution in [0.25, 0.3) is 0 Å². The van der Waals surface area contributed by atoms with Crippen LogP contribution in [0, 0.1) is 0 Å². The third-order valence-corrected chi connectivity index (χ3v) is 3.30. The normalized spacial score (nSPS) is 11.3. The third-order valence-electron chi connectivity index (χ3n) is 3.30. The SMILES string of the molecule is COC(=O)c1ccc(OC(C)C(=O)Nc2ccccc2)c(OC)c1. The van der Waals surface area contributed by atoms with Crippen LogP contribution >= 0.6 is 0 Å². The van der Waals surface area contributed by atoms with Crippen LogP contribution in [-0.4, -0.2) is 32.2 Å². The maximum absolute atomic E-state index is 12.2. The van der Waals surface area contributed by atoms with Crippen molar-refractivity contribution >= 4 is 17.6 Å². The molecule has 1 N–H and O–H groups in total. The number of nitrogens with one attached hydrogen (secondary N) is 1. The van der Waals surface area contributed by atoms with Gasteiger partial charge in [0, 0.05) is 5.69 Å². The minimum Gasteiger partial charge on any atom is -0.493 e. The summed E-state index contributed by atoms with van der Waals surface area (Å²) in [5.41, 5.74) is 1.02. The van der Waals surface area contributed by atoms with E-state index in [2.05, 4.69) is 10.1 Å². The fourth-order valence-corrected chi connectivity index (χ4v) is 2.02. The van der Waals surface area contributed by atoms with Crippen molar-refractivity contribution in [3.63, 3.8) is 0 Å². The molecule has 0 radical (unpaired) electrons. The van der Waals surface area contributed by atoms with Crippen molar-refractivity contribution in [2.75, 3.05) is 19.5 Å². The number of amides is 1. The molecule has 6 heteroatoms. The highest BCUT2D eigenvalue weighted by molar-refractivity contribution is 5.94. The van der Waals surface area contributed by atoms with Crippen LogP contribution in [0.4, 0.5) is 5.69 Å². The molecule has 0 spiro atoms. The van der Waals surface area contributed by atoms with Gasteiger partial charge in [-0.2, -0.15) is 0 Å². The van der Waals surface area contributed by atoms with E-state index in [-0.39, 0.29) is 5.91 Å². The molecule has 1 amide bonds. The standard InChI is InChI=1S/C18H19NO5/c1-12(17(20)19-14-7-5-4-6-8-14)24-15-10-9-13(18(21)23-3)11-16(15)22-2/h4-12H,1-3H3,(H,19,20). The summed E-state index contributed by atoms with van der Waals surface area (Å²) in [4.78, 5) is 23.7. The Kier molecular flexibility index (Phi) is 5.78. The van der Waals surface area contributed by atoms with Gasteiger partial charge in [0.2, 0.25) is 0 Å². The van der Waals surface area contributed by atoms with Gasteiger partial charge >= 0.3 is 5.97 Å². The Balaban J connectivity index is 2.09. The van der Waals surface area contributed by atoms with Gasteiger partial charge in [0.15, 0.2) is 17.6 Å². The zero-order chi connectivity index (χ0) is 17.5. The average molecular weight is 329 g/mol. The van der Waals surface area contributed by atoms with E-state index in [1.165, 1.54) is 20.3 Å². The molecule has 0 saturated carbocycles. The molecule has 2 aromatic rings. The molecule has 0 aliphatic carbocycles. The lowest BCUT2D eigenvalue weighted by Crippen LogP contribution is -2.30. The topological polar surface area (TPSA) is 73.9 Å². The zero-order valence-corrected chi connectivity index (χ0v) is 13.7. The minimum absolute atomic E-state index is 0.291. The first kappa shape index (κ1) is 17.3. The molecule has 0 fully saturated rings. The summed E-state index contributed by atoms with van der Waals surface area (Å²) in [6, 6.07) is 13.7. The third kappa shape index (κ3) is 4.25. The number of carbonyl (C=O) groups is 2. The first-order valence-electron chi connectivity index (χ1n) is 7.34. The Morgan fingerprint density at radius 1 is 1.00 bits per heavy atom. The van der Waals surface area contributed by atoms with Gasteiger partial charge in [-0.15, -0.1) is 0 Å². The molecule has 6 nitrogen and oxygen atoms in total. The lowest BCUT2D eigenvalue weighted by Gasteiger charge is -2.17. The fraction of sp³-hybridized carbons (Fsp3) is 0.222. The van der Waals surface area contributed by atoms with Gasteiger partial charge in [-0.25, -0.2) is 4.79 Å². The Bertz CT molecular complexity index is 715. The highest BCUT2D eigenvalue weighted by Crippen LogP contribution is 2.29.